The van der Waals surface area contributed by atoms with Gasteiger partial charge in [0.25, 0.3) is 0 Å². The molecule has 1 atom stereocenters. The molecule has 0 unspecified atom stereocenters. The van der Waals surface area contributed by atoms with E-state index in [0.717, 1.165) is 30.0 Å². The molecule has 0 spiro atoms. The molecule has 2 aromatic heterocycles. The molecule has 1 saturated heterocycles. The van der Waals surface area contributed by atoms with Gasteiger partial charge in [-0.25, -0.2) is 19.7 Å². The molecular weight excluding hydrogens is 276 g/mol. The molecule has 1 N–H and O–H groups in total. The summed E-state index contributed by atoms with van der Waals surface area (Å²) in [4.78, 5) is 25.9. The van der Waals surface area contributed by atoms with Crippen molar-refractivity contribution < 1.29 is 9.90 Å². The number of carboxylic acid groups (broad SMARTS) is 1. The smallest absolute Gasteiger partial charge is 0.355 e. The van der Waals surface area contributed by atoms with Crippen LogP contribution in [0, 0.1) is 6.92 Å². The molecule has 2 aromatic rings. The van der Waals surface area contributed by atoms with E-state index in [1.54, 1.807) is 17.8 Å². The number of carbonyl (C=O) groups is 1. The zero-order chi connectivity index (χ0) is 14.1. The quantitative estimate of drug-likeness (QED) is 0.934. The molecule has 0 aliphatic carbocycles. The molecule has 3 rings (SSSR count). The Morgan fingerprint density at radius 1 is 1.45 bits per heavy atom. The van der Waals surface area contributed by atoms with Gasteiger partial charge in [0.05, 0.1) is 6.04 Å². The third-order valence-electron chi connectivity index (χ3n) is 3.30. The van der Waals surface area contributed by atoms with E-state index in [1.807, 2.05) is 6.92 Å². The Kier molecular flexibility index (Phi) is 3.35. The SMILES string of the molecule is Cc1cnc(N2CCC[C@H]2c2nc(C(=O)O)cs2)nc1. The number of aromatic carboxylic acids is 1. The van der Waals surface area contributed by atoms with E-state index in [2.05, 4.69) is 19.9 Å². The first-order chi connectivity index (χ1) is 9.65. The Morgan fingerprint density at radius 2 is 2.20 bits per heavy atom. The van der Waals surface area contributed by atoms with Crippen LogP contribution in [0.2, 0.25) is 0 Å². The Hall–Kier alpha value is -2.02. The maximum Gasteiger partial charge on any atom is 0.355 e. The number of aromatic nitrogens is 3. The summed E-state index contributed by atoms with van der Waals surface area (Å²) >= 11 is 1.39. The molecule has 1 aliphatic rings. The molecule has 104 valence electrons. The van der Waals surface area contributed by atoms with Crippen LogP contribution in [0.4, 0.5) is 5.95 Å². The van der Waals surface area contributed by atoms with Crippen molar-refractivity contribution >= 4 is 23.3 Å². The Morgan fingerprint density at radius 3 is 2.85 bits per heavy atom. The molecule has 0 aromatic carbocycles. The third-order valence-corrected chi connectivity index (χ3v) is 4.25. The van der Waals surface area contributed by atoms with Crippen molar-refractivity contribution in [3.8, 4) is 0 Å². The Bertz CT molecular complexity index is 626. The van der Waals surface area contributed by atoms with Crippen molar-refractivity contribution in [3.63, 3.8) is 0 Å². The Balaban J connectivity index is 1.88. The maximum absolute atomic E-state index is 10.9. The second-order valence-corrected chi connectivity index (χ2v) is 5.68. The summed E-state index contributed by atoms with van der Waals surface area (Å²) in [5.74, 6) is -0.297. The van der Waals surface area contributed by atoms with Crippen molar-refractivity contribution in [1.29, 1.82) is 0 Å². The summed E-state index contributed by atoms with van der Waals surface area (Å²) in [5, 5.41) is 11.4. The van der Waals surface area contributed by atoms with Gasteiger partial charge in [-0.15, -0.1) is 11.3 Å². The van der Waals surface area contributed by atoms with Crippen molar-refractivity contribution in [2.45, 2.75) is 25.8 Å². The van der Waals surface area contributed by atoms with Crippen molar-refractivity contribution in [1.82, 2.24) is 15.0 Å². The van der Waals surface area contributed by atoms with Crippen LogP contribution in [0.15, 0.2) is 17.8 Å². The van der Waals surface area contributed by atoms with Gasteiger partial charge in [-0.05, 0) is 25.3 Å². The number of aryl methyl sites for hydroxylation is 1. The van der Waals surface area contributed by atoms with Crippen LogP contribution in [0.1, 0.15) is 39.9 Å². The first-order valence-electron chi connectivity index (χ1n) is 6.39. The summed E-state index contributed by atoms with van der Waals surface area (Å²) in [5.41, 5.74) is 1.13. The number of hydrogen-bond donors (Lipinski definition) is 1. The van der Waals surface area contributed by atoms with Gasteiger partial charge in [-0.3, -0.25) is 0 Å². The lowest BCUT2D eigenvalue weighted by Crippen LogP contribution is -2.24. The zero-order valence-corrected chi connectivity index (χ0v) is 11.8. The van der Waals surface area contributed by atoms with E-state index in [9.17, 15) is 4.79 Å². The minimum Gasteiger partial charge on any atom is -0.476 e. The van der Waals surface area contributed by atoms with Crippen LogP contribution in [0.25, 0.3) is 0 Å². The van der Waals surface area contributed by atoms with Crippen LogP contribution >= 0.6 is 11.3 Å². The highest BCUT2D eigenvalue weighted by Crippen LogP contribution is 2.35. The molecule has 6 nitrogen and oxygen atoms in total. The molecule has 0 amide bonds. The van der Waals surface area contributed by atoms with Gasteiger partial charge in [0, 0.05) is 24.3 Å². The van der Waals surface area contributed by atoms with E-state index in [0.29, 0.717) is 5.95 Å². The summed E-state index contributed by atoms with van der Waals surface area (Å²) in [6.45, 7) is 2.82. The van der Waals surface area contributed by atoms with Crippen molar-refractivity contribution in [2.75, 3.05) is 11.4 Å². The molecular formula is C13H14N4O2S. The van der Waals surface area contributed by atoms with Gasteiger partial charge < -0.3 is 10.0 Å². The van der Waals surface area contributed by atoms with Crippen LogP contribution in [-0.2, 0) is 0 Å². The number of hydrogen-bond acceptors (Lipinski definition) is 6. The van der Waals surface area contributed by atoms with E-state index in [1.165, 1.54) is 11.3 Å². The normalized spacial score (nSPS) is 18.4. The van der Waals surface area contributed by atoms with Crippen molar-refractivity contribution in [2.24, 2.45) is 0 Å². The van der Waals surface area contributed by atoms with E-state index in [4.69, 9.17) is 5.11 Å². The lowest BCUT2D eigenvalue weighted by Gasteiger charge is -2.22. The lowest BCUT2D eigenvalue weighted by molar-refractivity contribution is 0.0691. The first-order valence-corrected chi connectivity index (χ1v) is 7.27. The highest BCUT2D eigenvalue weighted by Gasteiger charge is 2.30. The van der Waals surface area contributed by atoms with Gasteiger partial charge >= 0.3 is 5.97 Å². The van der Waals surface area contributed by atoms with Crippen LogP contribution in [0.5, 0.6) is 0 Å². The predicted molar refractivity (Wildman–Crippen MR) is 75.2 cm³/mol. The molecule has 0 bridgehead atoms. The fourth-order valence-corrected chi connectivity index (χ4v) is 3.27. The highest BCUT2D eigenvalue weighted by atomic mass is 32.1. The minimum atomic E-state index is -0.983. The number of anilines is 1. The molecule has 7 heteroatoms. The summed E-state index contributed by atoms with van der Waals surface area (Å²) < 4.78 is 0. The van der Waals surface area contributed by atoms with E-state index in [-0.39, 0.29) is 11.7 Å². The van der Waals surface area contributed by atoms with Crippen LogP contribution < -0.4 is 4.90 Å². The number of nitrogens with zero attached hydrogens (tertiary/aromatic N) is 4. The van der Waals surface area contributed by atoms with Crippen molar-refractivity contribution in [3.05, 3.63) is 34.0 Å². The number of thiazole rings is 1. The monoisotopic (exact) mass is 290 g/mol. The summed E-state index contributed by atoms with van der Waals surface area (Å²) in [7, 11) is 0. The average molecular weight is 290 g/mol. The fraction of sp³-hybridized carbons (Fsp3) is 0.385. The first kappa shape index (κ1) is 13.0. The molecule has 0 saturated carbocycles. The van der Waals surface area contributed by atoms with Crippen LogP contribution in [0.3, 0.4) is 0 Å². The molecule has 1 fully saturated rings. The van der Waals surface area contributed by atoms with Crippen LogP contribution in [-0.4, -0.2) is 32.6 Å². The standard InChI is InChI=1S/C13H14N4O2S/c1-8-5-14-13(15-6-8)17-4-2-3-10(17)11-16-9(7-20-11)12(18)19/h5-7,10H,2-4H2,1H3,(H,18,19)/t10-/m0/s1. The summed E-state index contributed by atoms with van der Waals surface area (Å²) in [6.07, 6.45) is 5.57. The predicted octanol–water partition coefficient (Wildman–Crippen LogP) is 2.28. The van der Waals surface area contributed by atoms with Gasteiger partial charge in [0.15, 0.2) is 5.69 Å². The average Bonchev–Trinajstić information content (AvgIpc) is 3.08. The fourth-order valence-electron chi connectivity index (χ4n) is 2.34. The highest BCUT2D eigenvalue weighted by molar-refractivity contribution is 7.09. The van der Waals surface area contributed by atoms with E-state index < -0.39 is 5.97 Å². The Labute approximate surface area is 120 Å². The molecule has 3 heterocycles. The topological polar surface area (TPSA) is 79.2 Å². The summed E-state index contributed by atoms with van der Waals surface area (Å²) in [6, 6.07) is 0.0795. The zero-order valence-electron chi connectivity index (χ0n) is 11.0. The molecule has 0 radical (unpaired) electrons. The largest absolute Gasteiger partial charge is 0.476 e. The second kappa shape index (κ2) is 5.16. The van der Waals surface area contributed by atoms with Gasteiger partial charge in [-0.1, -0.05) is 0 Å². The second-order valence-electron chi connectivity index (χ2n) is 4.79. The van der Waals surface area contributed by atoms with Gasteiger partial charge in [0.2, 0.25) is 5.95 Å². The molecule has 20 heavy (non-hydrogen) atoms. The minimum absolute atomic E-state index is 0.0795. The third kappa shape index (κ3) is 2.36. The molecule has 1 aliphatic heterocycles. The van der Waals surface area contributed by atoms with E-state index >= 15 is 0 Å². The van der Waals surface area contributed by atoms with Gasteiger partial charge in [0.1, 0.15) is 5.01 Å². The number of carboxylic acids is 1. The van der Waals surface area contributed by atoms with Gasteiger partial charge in [-0.2, -0.15) is 0 Å². The number of rotatable bonds is 3. The lowest BCUT2D eigenvalue weighted by atomic mass is 10.2. The maximum atomic E-state index is 10.9.